The first-order chi connectivity index (χ1) is 11.1. The number of H-pyrrole nitrogens is 1. The molecule has 3 rings (SSSR count). The minimum absolute atomic E-state index is 0.0197. The second kappa shape index (κ2) is 5.39. The average molecular weight is 313 g/mol. The molecular formula is C14H11N5O4. The number of methoxy groups -OCH3 is 2. The summed E-state index contributed by atoms with van der Waals surface area (Å²) in [5, 5.41) is 6.08. The highest BCUT2D eigenvalue weighted by atomic mass is 16.5. The maximum Gasteiger partial charge on any atom is 0.261 e. The van der Waals surface area contributed by atoms with Crippen molar-refractivity contribution in [2.45, 2.75) is 0 Å². The summed E-state index contributed by atoms with van der Waals surface area (Å²) >= 11 is 0. The summed E-state index contributed by atoms with van der Waals surface area (Å²) in [5.41, 5.74) is 9.48. The Labute approximate surface area is 129 Å². The maximum absolute atomic E-state index is 12.0. The Hall–Kier alpha value is -3.45. The molecule has 2 amide bonds. The van der Waals surface area contributed by atoms with Gasteiger partial charge in [-0.1, -0.05) is 5.11 Å². The van der Waals surface area contributed by atoms with E-state index in [0.29, 0.717) is 28.0 Å². The van der Waals surface area contributed by atoms with Gasteiger partial charge in [-0.25, -0.2) is 0 Å². The second-order valence-corrected chi connectivity index (χ2v) is 4.65. The molecule has 0 radical (unpaired) electrons. The molecule has 1 aromatic heterocycles. The quantitative estimate of drug-likeness (QED) is 0.386. The first kappa shape index (κ1) is 14.5. The van der Waals surface area contributed by atoms with Gasteiger partial charge in [-0.2, -0.15) is 0 Å². The van der Waals surface area contributed by atoms with Crippen LogP contribution in [0, 0.1) is 0 Å². The summed E-state index contributed by atoms with van der Waals surface area (Å²) in [6.45, 7) is 0. The molecule has 1 aromatic carbocycles. The van der Waals surface area contributed by atoms with Gasteiger partial charge in [0.1, 0.15) is 5.70 Å². The number of azide groups is 1. The fourth-order valence-electron chi connectivity index (χ4n) is 2.49. The summed E-state index contributed by atoms with van der Waals surface area (Å²) in [6, 6.07) is 3.39. The lowest BCUT2D eigenvalue weighted by atomic mass is 10.0. The third-order valence-electron chi connectivity index (χ3n) is 3.51. The number of carbonyl (C=O) groups excluding carboxylic acids is 2. The summed E-state index contributed by atoms with van der Waals surface area (Å²) in [5.74, 6) is -0.355. The molecule has 0 fully saturated rings. The molecule has 0 bridgehead atoms. The van der Waals surface area contributed by atoms with Crippen LogP contribution in [-0.2, 0) is 9.59 Å². The van der Waals surface area contributed by atoms with Crippen LogP contribution in [0.1, 0.15) is 5.56 Å². The number of hydrogen-bond acceptors (Lipinski definition) is 5. The van der Waals surface area contributed by atoms with Crippen LogP contribution in [0.4, 0.5) is 0 Å². The highest BCUT2D eigenvalue weighted by molar-refractivity contribution is 6.37. The Kier molecular flexibility index (Phi) is 3.40. The minimum atomic E-state index is -0.724. The van der Waals surface area contributed by atoms with Gasteiger partial charge in [-0.3, -0.25) is 14.9 Å². The molecule has 2 N–H and O–H groups in total. The number of ether oxygens (including phenoxy) is 2. The van der Waals surface area contributed by atoms with Gasteiger partial charge < -0.3 is 14.5 Å². The van der Waals surface area contributed by atoms with E-state index in [1.165, 1.54) is 14.2 Å². The van der Waals surface area contributed by atoms with Crippen LogP contribution in [0.2, 0.25) is 0 Å². The Morgan fingerprint density at radius 2 is 1.83 bits per heavy atom. The lowest BCUT2D eigenvalue weighted by Crippen LogP contribution is -2.22. The van der Waals surface area contributed by atoms with Crippen LogP contribution >= 0.6 is 0 Å². The van der Waals surface area contributed by atoms with Crippen molar-refractivity contribution >= 4 is 28.3 Å². The Balaban J connectivity index is 2.30. The van der Waals surface area contributed by atoms with E-state index in [2.05, 4.69) is 20.3 Å². The third-order valence-corrected chi connectivity index (χ3v) is 3.51. The summed E-state index contributed by atoms with van der Waals surface area (Å²) in [4.78, 5) is 29.4. The number of benzene rings is 1. The predicted molar refractivity (Wildman–Crippen MR) is 80.6 cm³/mol. The molecule has 2 heterocycles. The highest BCUT2D eigenvalue weighted by Crippen LogP contribution is 2.37. The van der Waals surface area contributed by atoms with Crippen LogP contribution in [-0.4, -0.2) is 31.0 Å². The smallest absolute Gasteiger partial charge is 0.261 e. The van der Waals surface area contributed by atoms with Gasteiger partial charge in [0.15, 0.2) is 11.5 Å². The summed E-state index contributed by atoms with van der Waals surface area (Å²) in [7, 11) is 3.01. The molecule has 1 aliphatic rings. The van der Waals surface area contributed by atoms with Crippen LogP contribution < -0.4 is 14.8 Å². The average Bonchev–Trinajstić information content (AvgIpc) is 3.06. The van der Waals surface area contributed by atoms with Crippen molar-refractivity contribution in [3.63, 3.8) is 0 Å². The van der Waals surface area contributed by atoms with Crippen molar-refractivity contribution in [3.8, 4) is 11.5 Å². The standard InChI is InChI=1S/C14H11N5O4/c1-22-9-3-6-7(5-16-8(6)4-10(9)23-2)11-12(18-19-15)14(21)17-13(11)20/h3-5,16H,1-2H3,(H,17,20,21). The van der Waals surface area contributed by atoms with E-state index in [9.17, 15) is 9.59 Å². The number of nitrogens with one attached hydrogen (secondary N) is 2. The number of aromatic nitrogens is 1. The third kappa shape index (κ3) is 2.16. The van der Waals surface area contributed by atoms with Crippen LogP contribution in [0.5, 0.6) is 11.5 Å². The lowest BCUT2D eigenvalue weighted by Gasteiger charge is -2.08. The van der Waals surface area contributed by atoms with E-state index >= 15 is 0 Å². The van der Waals surface area contributed by atoms with E-state index in [1.807, 2.05) is 0 Å². The summed E-state index contributed by atoms with van der Waals surface area (Å²) < 4.78 is 10.5. The van der Waals surface area contributed by atoms with Gasteiger partial charge >= 0.3 is 0 Å². The van der Waals surface area contributed by atoms with E-state index < -0.39 is 11.8 Å². The van der Waals surface area contributed by atoms with E-state index in [4.69, 9.17) is 15.0 Å². The van der Waals surface area contributed by atoms with Crippen LogP contribution in [0.15, 0.2) is 29.1 Å². The number of aromatic amines is 1. The molecule has 0 aliphatic carbocycles. The maximum atomic E-state index is 12.0. The molecule has 2 aromatic rings. The first-order valence-electron chi connectivity index (χ1n) is 6.49. The number of carbonyl (C=O) groups is 2. The van der Waals surface area contributed by atoms with Crippen molar-refractivity contribution in [2.75, 3.05) is 14.2 Å². The zero-order valence-corrected chi connectivity index (χ0v) is 12.2. The van der Waals surface area contributed by atoms with E-state index in [-0.39, 0.29) is 11.3 Å². The number of hydrogen-bond donors (Lipinski definition) is 2. The van der Waals surface area contributed by atoms with Crippen LogP contribution in [0.3, 0.4) is 0 Å². The Bertz CT molecular complexity index is 921. The normalized spacial score (nSPS) is 14.0. The predicted octanol–water partition coefficient (Wildman–Crippen LogP) is 1.86. The number of fused-ring (bicyclic) bond motifs is 1. The second-order valence-electron chi connectivity index (χ2n) is 4.65. The minimum Gasteiger partial charge on any atom is -0.493 e. The van der Waals surface area contributed by atoms with Crippen molar-refractivity contribution in [1.82, 2.24) is 10.3 Å². The van der Waals surface area contributed by atoms with Gasteiger partial charge in [0.05, 0.1) is 19.8 Å². The van der Waals surface area contributed by atoms with Crippen LogP contribution in [0.25, 0.3) is 26.9 Å². The molecular weight excluding hydrogens is 302 g/mol. The lowest BCUT2D eigenvalue weighted by molar-refractivity contribution is -0.123. The molecule has 0 unspecified atom stereocenters. The van der Waals surface area contributed by atoms with Crippen molar-refractivity contribution in [3.05, 3.63) is 40.0 Å². The topological polar surface area (TPSA) is 129 Å². The van der Waals surface area contributed by atoms with Gasteiger partial charge in [0, 0.05) is 33.6 Å². The fraction of sp³-hybridized carbons (Fsp3) is 0.143. The molecule has 0 saturated heterocycles. The molecule has 0 saturated carbocycles. The zero-order valence-electron chi connectivity index (χ0n) is 12.2. The van der Waals surface area contributed by atoms with E-state index in [1.54, 1.807) is 18.3 Å². The van der Waals surface area contributed by atoms with Gasteiger partial charge in [0.25, 0.3) is 11.8 Å². The SMILES string of the molecule is COc1cc2[nH]cc(C3=C(N=[N+]=[N-])C(=O)NC3=O)c2cc1OC. The molecule has 0 atom stereocenters. The van der Waals surface area contributed by atoms with Crippen molar-refractivity contribution in [1.29, 1.82) is 0 Å². The molecule has 0 spiro atoms. The number of nitrogens with zero attached hydrogens (tertiary/aromatic N) is 3. The Morgan fingerprint density at radius 1 is 1.13 bits per heavy atom. The van der Waals surface area contributed by atoms with E-state index in [0.717, 1.165) is 0 Å². The number of amides is 2. The summed E-state index contributed by atoms with van der Waals surface area (Å²) in [6.07, 6.45) is 1.56. The number of rotatable bonds is 4. The van der Waals surface area contributed by atoms with Gasteiger partial charge in [0.2, 0.25) is 0 Å². The molecule has 9 heteroatoms. The highest BCUT2D eigenvalue weighted by Gasteiger charge is 2.32. The number of imide groups is 1. The largest absolute Gasteiger partial charge is 0.493 e. The zero-order chi connectivity index (χ0) is 16.6. The van der Waals surface area contributed by atoms with Crippen molar-refractivity contribution < 1.29 is 19.1 Å². The Morgan fingerprint density at radius 3 is 2.48 bits per heavy atom. The molecule has 23 heavy (non-hydrogen) atoms. The first-order valence-corrected chi connectivity index (χ1v) is 6.49. The molecule has 1 aliphatic heterocycles. The molecule has 9 nitrogen and oxygen atoms in total. The van der Waals surface area contributed by atoms with Crippen molar-refractivity contribution in [2.24, 2.45) is 5.11 Å². The fourth-order valence-corrected chi connectivity index (χ4v) is 2.49. The van der Waals surface area contributed by atoms with Gasteiger partial charge in [-0.15, -0.1) is 0 Å². The molecule has 116 valence electrons. The monoisotopic (exact) mass is 313 g/mol. The van der Waals surface area contributed by atoms with Gasteiger partial charge in [-0.05, 0) is 11.6 Å².